The van der Waals surface area contributed by atoms with E-state index < -0.39 is 0 Å². The van der Waals surface area contributed by atoms with Gasteiger partial charge in [-0.25, -0.2) is 4.39 Å². The van der Waals surface area contributed by atoms with Crippen molar-refractivity contribution in [3.63, 3.8) is 0 Å². The molecule has 0 saturated carbocycles. The first-order valence-electron chi connectivity index (χ1n) is 7.70. The number of ether oxygens (including phenoxy) is 1. The largest absolute Gasteiger partial charge is 0.483 e. The molecule has 0 saturated heterocycles. The highest BCUT2D eigenvalue weighted by Gasteiger charge is 2.10. The molecule has 122 valence electrons. The van der Waals surface area contributed by atoms with E-state index in [0.29, 0.717) is 12.5 Å². The molecular formula is C19H22FNO2. The van der Waals surface area contributed by atoms with E-state index in [1.807, 2.05) is 25.1 Å². The van der Waals surface area contributed by atoms with Gasteiger partial charge in [-0.2, -0.15) is 0 Å². The quantitative estimate of drug-likeness (QED) is 0.876. The molecule has 2 rings (SSSR count). The molecule has 1 N–H and O–H groups in total. The van der Waals surface area contributed by atoms with Gasteiger partial charge in [0, 0.05) is 6.54 Å². The van der Waals surface area contributed by atoms with Gasteiger partial charge in [0.1, 0.15) is 11.6 Å². The Morgan fingerprint density at radius 1 is 1.17 bits per heavy atom. The van der Waals surface area contributed by atoms with E-state index in [1.54, 1.807) is 12.1 Å². The SMILES string of the molecule is Cc1ccc(C(C)C)c(OCC(=O)NCc2ccc(F)cc2)c1. The van der Waals surface area contributed by atoms with Crippen molar-refractivity contribution >= 4 is 5.91 Å². The molecule has 0 fully saturated rings. The number of carbonyl (C=O) groups is 1. The summed E-state index contributed by atoms with van der Waals surface area (Å²) in [7, 11) is 0. The molecule has 0 aliphatic heterocycles. The average Bonchev–Trinajstić information content (AvgIpc) is 2.52. The maximum Gasteiger partial charge on any atom is 0.258 e. The van der Waals surface area contributed by atoms with Gasteiger partial charge in [0.05, 0.1) is 0 Å². The summed E-state index contributed by atoms with van der Waals surface area (Å²) in [4.78, 5) is 11.9. The van der Waals surface area contributed by atoms with Crippen LogP contribution in [0.25, 0.3) is 0 Å². The molecule has 0 aliphatic carbocycles. The molecule has 0 aromatic heterocycles. The normalized spacial score (nSPS) is 10.7. The first kappa shape index (κ1) is 17.0. The second-order valence-electron chi connectivity index (χ2n) is 5.89. The second kappa shape index (κ2) is 7.77. The molecule has 1 amide bonds. The van der Waals surface area contributed by atoms with Crippen LogP contribution in [0.2, 0.25) is 0 Å². The molecule has 0 heterocycles. The molecule has 2 aromatic carbocycles. The van der Waals surface area contributed by atoms with Crippen LogP contribution < -0.4 is 10.1 Å². The fourth-order valence-electron chi connectivity index (χ4n) is 2.24. The molecule has 23 heavy (non-hydrogen) atoms. The number of hydrogen-bond acceptors (Lipinski definition) is 2. The first-order valence-corrected chi connectivity index (χ1v) is 7.70. The molecule has 3 nitrogen and oxygen atoms in total. The summed E-state index contributed by atoms with van der Waals surface area (Å²) >= 11 is 0. The first-order chi connectivity index (χ1) is 11.0. The van der Waals surface area contributed by atoms with E-state index in [4.69, 9.17) is 4.74 Å². The lowest BCUT2D eigenvalue weighted by Crippen LogP contribution is -2.28. The van der Waals surface area contributed by atoms with Gasteiger partial charge in [0.25, 0.3) is 5.91 Å². The molecule has 0 unspecified atom stereocenters. The van der Waals surface area contributed by atoms with Gasteiger partial charge in [-0.05, 0) is 47.7 Å². The number of hydrogen-bond donors (Lipinski definition) is 1. The third-order valence-electron chi connectivity index (χ3n) is 3.55. The van der Waals surface area contributed by atoms with Gasteiger partial charge in [0.15, 0.2) is 6.61 Å². The van der Waals surface area contributed by atoms with E-state index in [2.05, 4.69) is 19.2 Å². The Morgan fingerprint density at radius 3 is 2.52 bits per heavy atom. The van der Waals surface area contributed by atoms with E-state index in [1.165, 1.54) is 12.1 Å². The standard InChI is InChI=1S/C19H22FNO2/c1-13(2)17-9-4-14(3)10-18(17)23-12-19(22)21-11-15-5-7-16(20)8-6-15/h4-10,13H,11-12H2,1-3H3,(H,21,22). The Bertz CT molecular complexity index is 666. The van der Waals surface area contributed by atoms with Crippen LogP contribution in [-0.2, 0) is 11.3 Å². The summed E-state index contributed by atoms with van der Waals surface area (Å²) in [6, 6.07) is 12.1. The van der Waals surface area contributed by atoms with E-state index in [9.17, 15) is 9.18 Å². The molecule has 0 spiro atoms. The van der Waals surface area contributed by atoms with Crippen molar-refractivity contribution in [2.45, 2.75) is 33.2 Å². The van der Waals surface area contributed by atoms with Gasteiger partial charge in [-0.15, -0.1) is 0 Å². The number of benzene rings is 2. The third-order valence-corrected chi connectivity index (χ3v) is 3.55. The summed E-state index contributed by atoms with van der Waals surface area (Å²) < 4.78 is 18.5. The smallest absolute Gasteiger partial charge is 0.258 e. The van der Waals surface area contributed by atoms with Crippen LogP contribution in [0.15, 0.2) is 42.5 Å². The van der Waals surface area contributed by atoms with Crippen molar-refractivity contribution in [1.29, 1.82) is 0 Å². The topological polar surface area (TPSA) is 38.3 Å². The van der Waals surface area contributed by atoms with Crippen molar-refractivity contribution in [1.82, 2.24) is 5.32 Å². The van der Waals surface area contributed by atoms with Gasteiger partial charge >= 0.3 is 0 Å². The van der Waals surface area contributed by atoms with Crippen molar-refractivity contribution in [3.05, 3.63) is 65.0 Å². The van der Waals surface area contributed by atoms with Crippen molar-refractivity contribution in [2.75, 3.05) is 6.61 Å². The number of nitrogens with one attached hydrogen (secondary N) is 1. The number of aryl methyl sites for hydroxylation is 1. The lowest BCUT2D eigenvalue weighted by Gasteiger charge is -2.14. The minimum atomic E-state index is -0.288. The maximum absolute atomic E-state index is 12.8. The Labute approximate surface area is 136 Å². The van der Waals surface area contributed by atoms with Crippen LogP contribution in [0.4, 0.5) is 4.39 Å². The fourth-order valence-corrected chi connectivity index (χ4v) is 2.24. The molecule has 0 bridgehead atoms. The van der Waals surface area contributed by atoms with Crippen LogP contribution in [0, 0.1) is 12.7 Å². The highest BCUT2D eigenvalue weighted by molar-refractivity contribution is 5.77. The minimum Gasteiger partial charge on any atom is -0.483 e. The summed E-state index contributed by atoms with van der Waals surface area (Å²) in [6.07, 6.45) is 0. The fraction of sp³-hybridized carbons (Fsp3) is 0.316. The van der Waals surface area contributed by atoms with Crippen LogP contribution in [0.1, 0.15) is 36.5 Å². The number of carbonyl (C=O) groups excluding carboxylic acids is 1. The monoisotopic (exact) mass is 315 g/mol. The molecule has 2 aromatic rings. The Kier molecular flexibility index (Phi) is 5.74. The minimum absolute atomic E-state index is 0.0373. The van der Waals surface area contributed by atoms with Crippen LogP contribution >= 0.6 is 0 Å². The predicted molar refractivity (Wildman–Crippen MR) is 89.0 cm³/mol. The molecule has 0 aliphatic rings. The number of amides is 1. The van der Waals surface area contributed by atoms with Gasteiger partial charge in [-0.3, -0.25) is 4.79 Å². The van der Waals surface area contributed by atoms with Crippen LogP contribution in [0.5, 0.6) is 5.75 Å². The van der Waals surface area contributed by atoms with Crippen molar-refractivity contribution in [3.8, 4) is 5.75 Å². The predicted octanol–water partition coefficient (Wildman–Crippen LogP) is 3.95. The van der Waals surface area contributed by atoms with E-state index in [0.717, 1.165) is 22.4 Å². The van der Waals surface area contributed by atoms with Gasteiger partial charge in [0.2, 0.25) is 0 Å². The average molecular weight is 315 g/mol. The molecule has 0 atom stereocenters. The van der Waals surface area contributed by atoms with Gasteiger partial charge in [-0.1, -0.05) is 38.1 Å². The Balaban J connectivity index is 1.89. The molecular weight excluding hydrogens is 293 g/mol. The van der Waals surface area contributed by atoms with Crippen LogP contribution in [-0.4, -0.2) is 12.5 Å². The number of rotatable bonds is 6. The maximum atomic E-state index is 12.8. The lowest BCUT2D eigenvalue weighted by atomic mass is 10.0. The summed E-state index contributed by atoms with van der Waals surface area (Å²) in [5.74, 6) is 0.583. The zero-order valence-corrected chi connectivity index (χ0v) is 13.7. The number of halogens is 1. The summed E-state index contributed by atoms with van der Waals surface area (Å²) in [5, 5.41) is 2.77. The Hall–Kier alpha value is -2.36. The van der Waals surface area contributed by atoms with Crippen molar-refractivity contribution < 1.29 is 13.9 Å². The van der Waals surface area contributed by atoms with E-state index in [-0.39, 0.29) is 18.3 Å². The highest BCUT2D eigenvalue weighted by Crippen LogP contribution is 2.27. The summed E-state index contributed by atoms with van der Waals surface area (Å²) in [5.41, 5.74) is 3.02. The zero-order chi connectivity index (χ0) is 16.8. The molecule has 4 heteroatoms. The lowest BCUT2D eigenvalue weighted by molar-refractivity contribution is -0.123. The molecule has 0 radical (unpaired) electrons. The third kappa shape index (κ3) is 5.09. The van der Waals surface area contributed by atoms with E-state index >= 15 is 0 Å². The zero-order valence-electron chi connectivity index (χ0n) is 13.7. The van der Waals surface area contributed by atoms with Crippen molar-refractivity contribution in [2.24, 2.45) is 0 Å². The van der Waals surface area contributed by atoms with Gasteiger partial charge < -0.3 is 10.1 Å². The highest BCUT2D eigenvalue weighted by atomic mass is 19.1. The van der Waals surface area contributed by atoms with Crippen LogP contribution in [0.3, 0.4) is 0 Å². The second-order valence-corrected chi connectivity index (χ2v) is 5.89. The Morgan fingerprint density at radius 2 is 1.87 bits per heavy atom. The summed E-state index contributed by atoms with van der Waals surface area (Å²) in [6.45, 7) is 6.49.